The molecule has 0 radical (unpaired) electrons. The molecule has 15 heavy (non-hydrogen) atoms. The van der Waals surface area contributed by atoms with Crippen LogP contribution in [-0.2, 0) is 4.79 Å². The van der Waals surface area contributed by atoms with Gasteiger partial charge in [0.25, 0.3) is 0 Å². The maximum Gasteiger partial charge on any atom is 0.239 e. The van der Waals surface area contributed by atoms with Crippen LogP contribution in [0.1, 0.15) is 33.6 Å². The van der Waals surface area contributed by atoms with Crippen molar-refractivity contribution in [1.29, 1.82) is 0 Å². The molecule has 1 atom stereocenters. The van der Waals surface area contributed by atoms with E-state index in [1.807, 2.05) is 14.1 Å². The molecule has 1 fully saturated rings. The molecular weight excluding hydrogens is 188 g/mol. The molecule has 1 rings (SSSR count). The average Bonchev–Trinajstić information content (AvgIpc) is 2.47. The van der Waals surface area contributed by atoms with Crippen LogP contribution in [0.15, 0.2) is 0 Å². The summed E-state index contributed by atoms with van der Waals surface area (Å²) in [6.45, 7) is 8.76. The first-order chi connectivity index (χ1) is 6.81. The summed E-state index contributed by atoms with van der Waals surface area (Å²) >= 11 is 0. The third-order valence-electron chi connectivity index (χ3n) is 2.77. The van der Waals surface area contributed by atoms with Gasteiger partial charge in [-0.15, -0.1) is 0 Å². The van der Waals surface area contributed by atoms with E-state index in [0.717, 1.165) is 25.9 Å². The van der Waals surface area contributed by atoms with Crippen molar-refractivity contribution in [2.75, 3.05) is 27.2 Å². The van der Waals surface area contributed by atoms with E-state index >= 15 is 0 Å². The van der Waals surface area contributed by atoms with Gasteiger partial charge in [0, 0.05) is 20.6 Å². The second kappa shape index (κ2) is 4.52. The topological polar surface area (TPSA) is 23.6 Å². The van der Waals surface area contributed by atoms with E-state index in [-0.39, 0.29) is 17.4 Å². The van der Waals surface area contributed by atoms with Crippen LogP contribution in [0.25, 0.3) is 0 Å². The highest BCUT2D eigenvalue weighted by Crippen LogP contribution is 2.24. The van der Waals surface area contributed by atoms with Gasteiger partial charge in [0.15, 0.2) is 0 Å². The molecule has 1 aliphatic rings. The fourth-order valence-electron chi connectivity index (χ4n) is 2.20. The van der Waals surface area contributed by atoms with E-state index in [1.54, 1.807) is 4.90 Å². The molecule has 0 aromatic heterocycles. The van der Waals surface area contributed by atoms with Crippen LogP contribution in [0.4, 0.5) is 0 Å². The Kier molecular flexibility index (Phi) is 3.77. The van der Waals surface area contributed by atoms with Gasteiger partial charge < -0.3 is 4.90 Å². The molecule has 0 aromatic rings. The zero-order valence-corrected chi connectivity index (χ0v) is 10.7. The number of nitrogens with zero attached hydrogens (tertiary/aromatic N) is 2. The Labute approximate surface area is 93.4 Å². The van der Waals surface area contributed by atoms with Crippen LogP contribution >= 0.6 is 0 Å². The number of carbonyl (C=O) groups is 1. The predicted octanol–water partition coefficient (Wildman–Crippen LogP) is 1.59. The predicted molar refractivity (Wildman–Crippen MR) is 62.7 cm³/mol. The zero-order chi connectivity index (χ0) is 11.6. The van der Waals surface area contributed by atoms with Crippen LogP contribution in [0.3, 0.4) is 0 Å². The van der Waals surface area contributed by atoms with Crippen LogP contribution in [0, 0.1) is 5.41 Å². The lowest BCUT2D eigenvalue weighted by Gasteiger charge is -2.31. The normalized spacial score (nSPS) is 23.1. The van der Waals surface area contributed by atoms with E-state index < -0.39 is 0 Å². The summed E-state index contributed by atoms with van der Waals surface area (Å²) in [5.41, 5.74) is 0.273. The minimum absolute atomic E-state index is 0.124. The van der Waals surface area contributed by atoms with Crippen molar-refractivity contribution < 1.29 is 4.79 Å². The van der Waals surface area contributed by atoms with Gasteiger partial charge in [-0.3, -0.25) is 9.69 Å². The Hall–Kier alpha value is -0.570. The van der Waals surface area contributed by atoms with Gasteiger partial charge in [0.05, 0.1) is 6.04 Å². The molecule has 1 heterocycles. The molecule has 0 saturated carbocycles. The number of hydrogen-bond acceptors (Lipinski definition) is 2. The molecule has 1 amide bonds. The summed E-state index contributed by atoms with van der Waals surface area (Å²) in [6, 6.07) is 0.124. The van der Waals surface area contributed by atoms with Crippen molar-refractivity contribution in [2.45, 2.75) is 39.7 Å². The SMILES string of the molecule is CN(C)C(=O)C1CCCN1CC(C)(C)C. The van der Waals surface area contributed by atoms with Crippen molar-refractivity contribution >= 4 is 5.91 Å². The van der Waals surface area contributed by atoms with Gasteiger partial charge in [-0.05, 0) is 24.8 Å². The van der Waals surface area contributed by atoms with Crippen molar-refractivity contribution in [3.8, 4) is 0 Å². The lowest BCUT2D eigenvalue weighted by atomic mass is 9.95. The highest BCUT2D eigenvalue weighted by Gasteiger charge is 2.33. The molecule has 88 valence electrons. The summed E-state index contributed by atoms with van der Waals surface area (Å²) in [4.78, 5) is 16.0. The van der Waals surface area contributed by atoms with E-state index in [4.69, 9.17) is 0 Å². The molecular formula is C12H24N2O. The van der Waals surface area contributed by atoms with Gasteiger partial charge in [-0.1, -0.05) is 20.8 Å². The van der Waals surface area contributed by atoms with Gasteiger partial charge >= 0.3 is 0 Å². The number of hydrogen-bond donors (Lipinski definition) is 0. The molecule has 1 unspecified atom stereocenters. The maximum absolute atomic E-state index is 11.9. The van der Waals surface area contributed by atoms with E-state index in [9.17, 15) is 4.79 Å². The monoisotopic (exact) mass is 212 g/mol. The third kappa shape index (κ3) is 3.49. The van der Waals surface area contributed by atoms with Gasteiger partial charge in [0.1, 0.15) is 0 Å². The lowest BCUT2D eigenvalue weighted by molar-refractivity contribution is -0.133. The first-order valence-electron chi connectivity index (χ1n) is 5.76. The summed E-state index contributed by atoms with van der Waals surface area (Å²) in [5.74, 6) is 0.261. The third-order valence-corrected chi connectivity index (χ3v) is 2.77. The Balaban J connectivity index is 2.61. The van der Waals surface area contributed by atoms with Crippen molar-refractivity contribution in [3.05, 3.63) is 0 Å². The highest BCUT2D eigenvalue weighted by atomic mass is 16.2. The Morgan fingerprint density at radius 3 is 2.47 bits per heavy atom. The summed E-state index contributed by atoms with van der Waals surface area (Å²) in [5, 5.41) is 0. The van der Waals surface area contributed by atoms with Gasteiger partial charge in [-0.25, -0.2) is 0 Å². The Morgan fingerprint density at radius 2 is 2.00 bits per heavy atom. The smallest absolute Gasteiger partial charge is 0.239 e. The quantitative estimate of drug-likeness (QED) is 0.694. The maximum atomic E-state index is 11.9. The first-order valence-corrected chi connectivity index (χ1v) is 5.76. The molecule has 1 saturated heterocycles. The van der Waals surface area contributed by atoms with Crippen molar-refractivity contribution in [2.24, 2.45) is 5.41 Å². The molecule has 0 aliphatic carbocycles. The molecule has 0 spiro atoms. The zero-order valence-electron chi connectivity index (χ0n) is 10.7. The molecule has 3 nitrogen and oxygen atoms in total. The van der Waals surface area contributed by atoms with Crippen LogP contribution in [-0.4, -0.2) is 48.9 Å². The number of likely N-dealkylation sites (N-methyl/N-ethyl adjacent to an activating group) is 1. The number of amides is 1. The summed E-state index contributed by atoms with van der Waals surface area (Å²) in [6.07, 6.45) is 2.17. The fourth-order valence-corrected chi connectivity index (χ4v) is 2.20. The fraction of sp³-hybridized carbons (Fsp3) is 0.917. The van der Waals surface area contributed by atoms with Crippen LogP contribution in [0.5, 0.6) is 0 Å². The first kappa shape index (κ1) is 12.5. The average molecular weight is 212 g/mol. The summed E-state index contributed by atoms with van der Waals surface area (Å²) < 4.78 is 0. The van der Waals surface area contributed by atoms with E-state index in [1.165, 1.54) is 0 Å². The minimum Gasteiger partial charge on any atom is -0.347 e. The highest BCUT2D eigenvalue weighted by molar-refractivity contribution is 5.81. The van der Waals surface area contributed by atoms with Crippen LogP contribution < -0.4 is 0 Å². The molecule has 3 heteroatoms. The standard InChI is InChI=1S/C12H24N2O/c1-12(2,3)9-14-8-6-7-10(14)11(15)13(4)5/h10H,6-9H2,1-5H3. The Morgan fingerprint density at radius 1 is 1.40 bits per heavy atom. The Bertz CT molecular complexity index is 230. The molecule has 0 bridgehead atoms. The number of rotatable bonds is 2. The van der Waals surface area contributed by atoms with Gasteiger partial charge in [0.2, 0.25) is 5.91 Å². The van der Waals surface area contributed by atoms with Gasteiger partial charge in [-0.2, -0.15) is 0 Å². The summed E-state index contributed by atoms with van der Waals surface area (Å²) in [7, 11) is 3.69. The lowest BCUT2D eigenvalue weighted by Crippen LogP contribution is -2.45. The van der Waals surface area contributed by atoms with Crippen molar-refractivity contribution in [3.63, 3.8) is 0 Å². The van der Waals surface area contributed by atoms with Crippen LogP contribution in [0.2, 0.25) is 0 Å². The largest absolute Gasteiger partial charge is 0.347 e. The minimum atomic E-state index is 0.124. The molecule has 0 N–H and O–H groups in total. The van der Waals surface area contributed by atoms with Crippen molar-refractivity contribution in [1.82, 2.24) is 9.80 Å². The second-order valence-corrected chi connectivity index (χ2v) is 5.92. The second-order valence-electron chi connectivity index (χ2n) is 5.92. The molecule has 0 aromatic carbocycles. The van der Waals surface area contributed by atoms with E-state index in [2.05, 4.69) is 25.7 Å². The number of likely N-dealkylation sites (tertiary alicyclic amines) is 1. The molecule has 1 aliphatic heterocycles. The van der Waals surface area contributed by atoms with E-state index in [0.29, 0.717) is 0 Å². The number of carbonyl (C=O) groups excluding carboxylic acids is 1.